The summed E-state index contributed by atoms with van der Waals surface area (Å²) in [5.74, 6) is 0.0727. The standard InChI is InChI=1S/C22H28N2O4S/c1-5-16-8-9-17(6-2)18(12-16)13-23-22(25)21-14-24(29(4,26)27)19-11-15(3)7-10-20(19)28-21/h7-12,21H,5-6,13-14H2,1-4H3,(H,23,25)/t21-/m1/s1. The number of anilines is 1. The first kappa shape index (κ1) is 21.2. The molecule has 0 bridgehead atoms. The first-order valence-corrected chi connectivity index (χ1v) is 11.7. The Morgan fingerprint density at radius 2 is 1.90 bits per heavy atom. The van der Waals surface area contributed by atoms with Crippen molar-refractivity contribution in [1.29, 1.82) is 0 Å². The van der Waals surface area contributed by atoms with Gasteiger partial charge in [0.1, 0.15) is 5.75 Å². The van der Waals surface area contributed by atoms with Gasteiger partial charge in [-0.1, -0.05) is 38.1 Å². The Balaban J connectivity index is 1.79. The van der Waals surface area contributed by atoms with Gasteiger partial charge in [0, 0.05) is 6.54 Å². The average molecular weight is 417 g/mol. The minimum absolute atomic E-state index is 0.0449. The molecule has 0 unspecified atom stereocenters. The van der Waals surface area contributed by atoms with E-state index < -0.39 is 16.1 Å². The van der Waals surface area contributed by atoms with Crippen molar-refractivity contribution in [2.75, 3.05) is 17.1 Å². The predicted octanol–water partition coefficient (Wildman–Crippen LogP) is 2.96. The lowest BCUT2D eigenvalue weighted by atomic mass is 10.0. The van der Waals surface area contributed by atoms with Crippen molar-refractivity contribution in [2.24, 2.45) is 0 Å². The minimum Gasteiger partial charge on any atom is -0.476 e. The largest absolute Gasteiger partial charge is 0.476 e. The van der Waals surface area contributed by atoms with Crippen LogP contribution in [0.4, 0.5) is 5.69 Å². The fourth-order valence-corrected chi connectivity index (χ4v) is 4.42. The van der Waals surface area contributed by atoms with E-state index in [9.17, 15) is 13.2 Å². The van der Waals surface area contributed by atoms with Crippen molar-refractivity contribution in [3.05, 3.63) is 58.7 Å². The maximum atomic E-state index is 12.8. The van der Waals surface area contributed by atoms with Crippen LogP contribution in [0.15, 0.2) is 36.4 Å². The summed E-state index contributed by atoms with van der Waals surface area (Å²) >= 11 is 0. The second kappa shape index (κ2) is 8.45. The van der Waals surface area contributed by atoms with Gasteiger partial charge in [-0.3, -0.25) is 9.10 Å². The molecule has 2 aromatic carbocycles. The average Bonchev–Trinajstić information content (AvgIpc) is 2.70. The van der Waals surface area contributed by atoms with E-state index in [1.165, 1.54) is 15.4 Å². The van der Waals surface area contributed by atoms with E-state index >= 15 is 0 Å². The number of aryl methyl sites for hydroxylation is 3. The molecule has 1 heterocycles. The van der Waals surface area contributed by atoms with Crippen molar-refractivity contribution in [3.63, 3.8) is 0 Å². The van der Waals surface area contributed by atoms with E-state index in [1.807, 2.05) is 13.0 Å². The molecule has 1 atom stereocenters. The Morgan fingerprint density at radius 1 is 1.14 bits per heavy atom. The number of nitrogens with one attached hydrogen (secondary N) is 1. The maximum absolute atomic E-state index is 12.8. The van der Waals surface area contributed by atoms with Gasteiger partial charge in [0.15, 0.2) is 6.10 Å². The molecule has 3 rings (SSSR count). The van der Waals surface area contributed by atoms with Crippen LogP contribution in [-0.4, -0.2) is 33.2 Å². The van der Waals surface area contributed by atoms with Crippen LogP contribution in [0.2, 0.25) is 0 Å². The lowest BCUT2D eigenvalue weighted by molar-refractivity contribution is -0.127. The molecular weight excluding hydrogens is 388 g/mol. The van der Waals surface area contributed by atoms with Crippen molar-refractivity contribution < 1.29 is 17.9 Å². The molecule has 6 nitrogen and oxygen atoms in total. The Bertz CT molecular complexity index is 1020. The quantitative estimate of drug-likeness (QED) is 0.786. The molecule has 29 heavy (non-hydrogen) atoms. The number of benzene rings is 2. The van der Waals surface area contributed by atoms with Crippen LogP contribution in [0.3, 0.4) is 0 Å². The molecular formula is C22H28N2O4S. The fourth-order valence-electron chi connectivity index (χ4n) is 3.52. The number of rotatable bonds is 6. The molecule has 0 aliphatic carbocycles. The van der Waals surface area contributed by atoms with Gasteiger partial charge in [-0.2, -0.15) is 0 Å². The number of carbonyl (C=O) groups is 1. The van der Waals surface area contributed by atoms with E-state index in [4.69, 9.17) is 4.74 Å². The molecule has 156 valence electrons. The SMILES string of the molecule is CCc1ccc(CC)c(CNC(=O)[C@H]2CN(S(C)(=O)=O)c3cc(C)ccc3O2)c1. The van der Waals surface area contributed by atoms with Crippen LogP contribution < -0.4 is 14.4 Å². The van der Waals surface area contributed by atoms with Crippen LogP contribution in [0, 0.1) is 6.92 Å². The van der Waals surface area contributed by atoms with Gasteiger partial charge in [0.05, 0.1) is 18.5 Å². The third kappa shape index (κ3) is 4.72. The summed E-state index contributed by atoms with van der Waals surface area (Å²) in [6.45, 7) is 6.40. The predicted molar refractivity (Wildman–Crippen MR) is 115 cm³/mol. The summed E-state index contributed by atoms with van der Waals surface area (Å²) in [6.07, 6.45) is 2.04. The molecule has 1 amide bonds. The number of nitrogens with zero attached hydrogens (tertiary/aromatic N) is 1. The zero-order valence-electron chi connectivity index (χ0n) is 17.4. The van der Waals surface area contributed by atoms with Gasteiger partial charge in [0.25, 0.3) is 5.91 Å². The van der Waals surface area contributed by atoms with Crippen LogP contribution in [0.5, 0.6) is 5.75 Å². The third-order valence-corrected chi connectivity index (χ3v) is 6.34. The molecule has 0 aromatic heterocycles. The molecule has 0 radical (unpaired) electrons. The first-order valence-electron chi connectivity index (χ1n) is 9.86. The lowest BCUT2D eigenvalue weighted by Crippen LogP contribution is -2.50. The second-order valence-corrected chi connectivity index (χ2v) is 9.31. The normalized spacial score (nSPS) is 16.1. The monoisotopic (exact) mass is 416 g/mol. The Morgan fingerprint density at radius 3 is 2.55 bits per heavy atom. The minimum atomic E-state index is -3.54. The summed E-state index contributed by atoms with van der Waals surface area (Å²) < 4.78 is 31.7. The number of carbonyl (C=O) groups excluding carboxylic acids is 1. The van der Waals surface area contributed by atoms with Crippen LogP contribution in [0.1, 0.15) is 36.1 Å². The summed E-state index contributed by atoms with van der Waals surface area (Å²) in [6, 6.07) is 11.6. The van der Waals surface area contributed by atoms with E-state index in [2.05, 4.69) is 37.4 Å². The van der Waals surface area contributed by atoms with Crippen molar-refractivity contribution in [3.8, 4) is 5.75 Å². The van der Waals surface area contributed by atoms with Gasteiger partial charge in [-0.05, 0) is 54.2 Å². The highest BCUT2D eigenvalue weighted by atomic mass is 32.2. The summed E-state index contributed by atoms with van der Waals surface area (Å²) in [5, 5.41) is 2.92. The van der Waals surface area contributed by atoms with Crippen LogP contribution >= 0.6 is 0 Å². The van der Waals surface area contributed by atoms with E-state index in [0.29, 0.717) is 18.0 Å². The molecule has 0 spiro atoms. The highest BCUT2D eigenvalue weighted by molar-refractivity contribution is 7.92. The molecule has 0 saturated heterocycles. The van der Waals surface area contributed by atoms with Gasteiger partial charge < -0.3 is 10.1 Å². The Labute approximate surface area is 172 Å². The lowest BCUT2D eigenvalue weighted by Gasteiger charge is -2.34. The second-order valence-electron chi connectivity index (χ2n) is 7.40. The van der Waals surface area contributed by atoms with Crippen molar-refractivity contribution in [1.82, 2.24) is 5.32 Å². The molecule has 7 heteroatoms. The molecule has 1 aliphatic heterocycles. The number of amides is 1. The van der Waals surface area contributed by atoms with Gasteiger partial charge in [-0.15, -0.1) is 0 Å². The number of ether oxygens (including phenoxy) is 1. The summed E-state index contributed by atoms with van der Waals surface area (Å²) in [7, 11) is -3.54. The zero-order chi connectivity index (χ0) is 21.2. The number of fused-ring (bicyclic) bond motifs is 1. The summed E-state index contributed by atoms with van der Waals surface area (Å²) in [4.78, 5) is 12.8. The van der Waals surface area contributed by atoms with Crippen molar-refractivity contribution >= 4 is 21.6 Å². The van der Waals surface area contributed by atoms with Crippen LogP contribution in [0.25, 0.3) is 0 Å². The molecule has 1 aliphatic rings. The summed E-state index contributed by atoms with van der Waals surface area (Å²) in [5.41, 5.74) is 4.87. The Kier molecular flexibility index (Phi) is 6.17. The number of hydrogen-bond acceptors (Lipinski definition) is 4. The van der Waals surface area contributed by atoms with Crippen molar-refractivity contribution in [2.45, 2.75) is 46.3 Å². The molecule has 0 saturated carbocycles. The topological polar surface area (TPSA) is 75.7 Å². The van der Waals surface area contributed by atoms with Gasteiger partial charge >= 0.3 is 0 Å². The number of hydrogen-bond donors (Lipinski definition) is 1. The smallest absolute Gasteiger partial charge is 0.263 e. The highest BCUT2D eigenvalue weighted by Gasteiger charge is 2.35. The Hall–Kier alpha value is -2.54. The zero-order valence-corrected chi connectivity index (χ0v) is 18.2. The van der Waals surface area contributed by atoms with Gasteiger partial charge in [0.2, 0.25) is 10.0 Å². The number of sulfonamides is 1. The van der Waals surface area contributed by atoms with Gasteiger partial charge in [-0.25, -0.2) is 8.42 Å². The van der Waals surface area contributed by atoms with E-state index in [-0.39, 0.29) is 12.5 Å². The van der Waals surface area contributed by atoms with Crippen LogP contribution in [-0.2, 0) is 34.2 Å². The third-order valence-electron chi connectivity index (χ3n) is 5.19. The highest BCUT2D eigenvalue weighted by Crippen LogP contribution is 2.35. The first-order chi connectivity index (χ1) is 13.7. The van der Waals surface area contributed by atoms with E-state index in [1.54, 1.807) is 12.1 Å². The molecule has 0 fully saturated rings. The van der Waals surface area contributed by atoms with E-state index in [0.717, 1.165) is 30.2 Å². The molecule has 1 N–H and O–H groups in total. The fraction of sp³-hybridized carbons (Fsp3) is 0.409. The maximum Gasteiger partial charge on any atom is 0.263 e. The molecule has 2 aromatic rings.